The van der Waals surface area contributed by atoms with Gasteiger partial charge in [-0.3, -0.25) is 14.6 Å². The highest BCUT2D eigenvalue weighted by Crippen LogP contribution is 2.42. The number of ether oxygens (including phenoxy) is 1. The van der Waals surface area contributed by atoms with Crippen LogP contribution >= 0.6 is 0 Å². The van der Waals surface area contributed by atoms with E-state index in [1.165, 1.54) is 7.11 Å². The van der Waals surface area contributed by atoms with Gasteiger partial charge in [0, 0.05) is 18.7 Å². The number of hydrogen-bond acceptors (Lipinski definition) is 5. The first-order chi connectivity index (χ1) is 9.26. The molecule has 0 amide bonds. The fourth-order valence-corrected chi connectivity index (χ4v) is 2.56. The SMILES string of the molecule is CCCN=C(C)C1=C(O)[C@@H](C(=O)OC)C(C)(C)CC1=O. The molecule has 112 valence electrons. The van der Waals surface area contributed by atoms with Crippen LogP contribution in [0.3, 0.4) is 0 Å². The predicted octanol–water partition coefficient (Wildman–Crippen LogP) is 2.46. The Balaban J connectivity index is 3.33. The van der Waals surface area contributed by atoms with Gasteiger partial charge in [0.2, 0.25) is 0 Å². The number of methoxy groups -OCH3 is 1. The summed E-state index contributed by atoms with van der Waals surface area (Å²) in [6.45, 7) is 7.80. The van der Waals surface area contributed by atoms with Crippen molar-refractivity contribution < 1.29 is 19.4 Å². The maximum Gasteiger partial charge on any atom is 0.316 e. The second-order valence-corrected chi connectivity index (χ2v) is 5.77. The van der Waals surface area contributed by atoms with E-state index in [1.54, 1.807) is 20.8 Å². The number of allylic oxidation sites excluding steroid dienone is 1. The van der Waals surface area contributed by atoms with Crippen molar-refractivity contribution in [2.45, 2.75) is 40.5 Å². The summed E-state index contributed by atoms with van der Waals surface area (Å²) in [5, 5.41) is 10.4. The van der Waals surface area contributed by atoms with Crippen LogP contribution in [0.15, 0.2) is 16.3 Å². The number of rotatable bonds is 4. The molecule has 0 saturated heterocycles. The summed E-state index contributed by atoms with van der Waals surface area (Å²) < 4.78 is 4.76. The van der Waals surface area contributed by atoms with Crippen molar-refractivity contribution in [3.8, 4) is 0 Å². The van der Waals surface area contributed by atoms with Crippen LogP contribution in [0.25, 0.3) is 0 Å². The van der Waals surface area contributed by atoms with Crippen LogP contribution in [0.4, 0.5) is 0 Å². The van der Waals surface area contributed by atoms with Gasteiger partial charge in [-0.25, -0.2) is 0 Å². The van der Waals surface area contributed by atoms with Crippen molar-refractivity contribution in [3.63, 3.8) is 0 Å². The van der Waals surface area contributed by atoms with Crippen molar-refractivity contribution in [3.05, 3.63) is 11.3 Å². The minimum absolute atomic E-state index is 0.174. The van der Waals surface area contributed by atoms with Crippen LogP contribution in [-0.2, 0) is 14.3 Å². The van der Waals surface area contributed by atoms with E-state index in [0.717, 1.165) is 6.42 Å². The number of aliphatic imine (C=N–C) groups is 1. The number of ketones is 1. The van der Waals surface area contributed by atoms with Crippen molar-refractivity contribution in [1.29, 1.82) is 0 Å². The van der Waals surface area contributed by atoms with Gasteiger partial charge in [0.25, 0.3) is 0 Å². The summed E-state index contributed by atoms with van der Waals surface area (Å²) in [6, 6.07) is 0. The van der Waals surface area contributed by atoms with Crippen LogP contribution in [-0.4, -0.2) is 36.2 Å². The molecule has 0 aromatic rings. The highest BCUT2D eigenvalue weighted by molar-refractivity contribution is 6.23. The molecule has 5 heteroatoms. The zero-order valence-corrected chi connectivity index (χ0v) is 12.8. The summed E-state index contributed by atoms with van der Waals surface area (Å²) in [5.74, 6) is -1.74. The van der Waals surface area contributed by atoms with E-state index >= 15 is 0 Å². The Hall–Kier alpha value is -1.65. The highest BCUT2D eigenvalue weighted by Gasteiger charge is 2.47. The van der Waals surface area contributed by atoms with E-state index in [9.17, 15) is 14.7 Å². The number of hydrogen-bond donors (Lipinski definition) is 1. The molecule has 1 rings (SSSR count). The van der Waals surface area contributed by atoms with Gasteiger partial charge in [-0.2, -0.15) is 0 Å². The van der Waals surface area contributed by atoms with E-state index < -0.39 is 17.3 Å². The molecular formula is C15H23NO4. The Labute approximate surface area is 119 Å². The third-order valence-corrected chi connectivity index (χ3v) is 3.58. The van der Waals surface area contributed by atoms with E-state index in [1.807, 2.05) is 6.92 Å². The number of nitrogens with zero attached hydrogens (tertiary/aromatic N) is 1. The van der Waals surface area contributed by atoms with Gasteiger partial charge in [0.05, 0.1) is 12.7 Å². The molecule has 1 N–H and O–H groups in total. The number of carbonyl (C=O) groups is 2. The monoisotopic (exact) mass is 281 g/mol. The molecule has 20 heavy (non-hydrogen) atoms. The van der Waals surface area contributed by atoms with Gasteiger partial charge in [-0.05, 0) is 18.8 Å². The summed E-state index contributed by atoms with van der Waals surface area (Å²) >= 11 is 0. The zero-order chi connectivity index (χ0) is 15.5. The Morgan fingerprint density at radius 2 is 2.10 bits per heavy atom. The summed E-state index contributed by atoms with van der Waals surface area (Å²) in [6.07, 6.45) is 1.04. The van der Waals surface area contributed by atoms with E-state index in [0.29, 0.717) is 12.3 Å². The zero-order valence-electron chi connectivity index (χ0n) is 12.8. The quantitative estimate of drug-likeness (QED) is 0.634. The molecule has 0 fully saturated rings. The Morgan fingerprint density at radius 3 is 2.60 bits per heavy atom. The lowest BCUT2D eigenvalue weighted by Crippen LogP contribution is -2.41. The van der Waals surface area contributed by atoms with Gasteiger partial charge >= 0.3 is 5.97 Å². The number of Topliss-reactive ketones (excluding diaryl/α,β-unsaturated/α-hetero) is 1. The molecule has 0 saturated carbocycles. The van der Waals surface area contributed by atoms with Crippen LogP contribution < -0.4 is 0 Å². The van der Waals surface area contributed by atoms with Crippen LogP contribution in [0.2, 0.25) is 0 Å². The third-order valence-electron chi connectivity index (χ3n) is 3.58. The molecule has 0 aromatic heterocycles. The number of aliphatic hydroxyl groups is 1. The number of aliphatic hydroxyl groups excluding tert-OH is 1. The van der Waals surface area contributed by atoms with Gasteiger partial charge in [-0.1, -0.05) is 20.8 Å². The van der Waals surface area contributed by atoms with Crippen molar-refractivity contribution in [2.75, 3.05) is 13.7 Å². The lowest BCUT2D eigenvalue weighted by Gasteiger charge is -2.36. The Bertz CT molecular complexity index is 474. The van der Waals surface area contributed by atoms with Gasteiger partial charge in [0.1, 0.15) is 11.7 Å². The molecule has 1 aliphatic rings. The molecule has 0 unspecified atom stereocenters. The molecular weight excluding hydrogens is 258 g/mol. The first-order valence-corrected chi connectivity index (χ1v) is 6.81. The maximum absolute atomic E-state index is 12.2. The highest BCUT2D eigenvalue weighted by atomic mass is 16.5. The molecule has 1 aliphatic carbocycles. The Kier molecular flexibility index (Phi) is 5.09. The molecule has 0 aromatic carbocycles. The smallest absolute Gasteiger partial charge is 0.316 e. The van der Waals surface area contributed by atoms with Crippen molar-refractivity contribution >= 4 is 17.5 Å². The molecule has 0 heterocycles. The van der Waals surface area contributed by atoms with Gasteiger partial charge < -0.3 is 9.84 Å². The summed E-state index contributed by atoms with van der Waals surface area (Å²) in [5.41, 5.74) is -0.00470. The normalized spacial score (nSPS) is 22.9. The van der Waals surface area contributed by atoms with Crippen LogP contribution in [0, 0.1) is 11.3 Å². The minimum atomic E-state index is -0.827. The maximum atomic E-state index is 12.2. The minimum Gasteiger partial charge on any atom is -0.511 e. The van der Waals surface area contributed by atoms with Gasteiger partial charge in [-0.15, -0.1) is 0 Å². The lowest BCUT2D eigenvalue weighted by molar-refractivity contribution is -0.150. The van der Waals surface area contributed by atoms with Crippen LogP contribution in [0.5, 0.6) is 0 Å². The van der Waals surface area contributed by atoms with E-state index in [2.05, 4.69) is 4.99 Å². The van der Waals surface area contributed by atoms with Crippen molar-refractivity contribution in [1.82, 2.24) is 0 Å². The van der Waals surface area contributed by atoms with Gasteiger partial charge in [0.15, 0.2) is 5.78 Å². The molecule has 1 atom stereocenters. The average Bonchev–Trinajstić information content (AvgIpc) is 2.34. The summed E-state index contributed by atoms with van der Waals surface area (Å²) in [7, 11) is 1.28. The summed E-state index contributed by atoms with van der Waals surface area (Å²) in [4.78, 5) is 28.4. The molecule has 0 radical (unpaired) electrons. The number of carbonyl (C=O) groups excluding carboxylic acids is 2. The van der Waals surface area contributed by atoms with Crippen molar-refractivity contribution in [2.24, 2.45) is 16.3 Å². The topological polar surface area (TPSA) is 76.0 Å². The standard InChI is InChI=1S/C15H23NO4/c1-6-7-16-9(2)11-10(17)8-15(3,4)12(13(11)18)14(19)20-5/h12,18H,6-8H2,1-5H3/t12-/m0/s1. The predicted molar refractivity (Wildman–Crippen MR) is 76.8 cm³/mol. The third kappa shape index (κ3) is 3.08. The second kappa shape index (κ2) is 6.20. The average molecular weight is 281 g/mol. The fraction of sp³-hybridized carbons (Fsp3) is 0.667. The largest absolute Gasteiger partial charge is 0.511 e. The fourth-order valence-electron chi connectivity index (χ4n) is 2.56. The molecule has 0 spiro atoms. The first-order valence-electron chi connectivity index (χ1n) is 6.81. The Morgan fingerprint density at radius 1 is 1.50 bits per heavy atom. The second-order valence-electron chi connectivity index (χ2n) is 5.77. The van der Waals surface area contributed by atoms with E-state index in [-0.39, 0.29) is 23.5 Å². The molecule has 0 aliphatic heterocycles. The van der Waals surface area contributed by atoms with Crippen LogP contribution in [0.1, 0.15) is 40.5 Å². The first kappa shape index (κ1) is 16.4. The number of esters is 1. The lowest BCUT2D eigenvalue weighted by atomic mass is 9.68. The molecule has 5 nitrogen and oxygen atoms in total. The molecule has 0 bridgehead atoms. The van der Waals surface area contributed by atoms with E-state index in [4.69, 9.17) is 4.74 Å².